The molecule has 3 aromatic rings. The number of nitrogens with zero attached hydrogens (tertiary/aromatic N) is 1. The van der Waals surface area contributed by atoms with E-state index in [1.807, 2.05) is 77.7 Å². The van der Waals surface area contributed by atoms with Gasteiger partial charge in [-0.1, -0.05) is 78.9 Å². The minimum absolute atomic E-state index is 0.0209. The Hall–Kier alpha value is -3.40. The molecule has 2 atom stereocenters. The highest BCUT2D eigenvalue weighted by Crippen LogP contribution is 2.37. The average Bonchev–Trinajstić information content (AvgIpc) is 2.83. The van der Waals surface area contributed by atoms with Crippen LogP contribution in [0.4, 0.5) is 5.69 Å². The standard InChI is InChI=1S/C28H30N2O2/c1-21-20-25(29-27(31)18-16-22-10-4-2-5-11-22)24-14-8-9-15-26(24)30(21)28(32)19-17-23-12-6-3-7-13-23/h2-15,21,25H,16-20H2,1H3,(H,29,31). The molecule has 4 heteroatoms. The van der Waals surface area contributed by atoms with Gasteiger partial charge in [-0.15, -0.1) is 0 Å². The first-order valence-electron chi connectivity index (χ1n) is 11.4. The zero-order valence-electron chi connectivity index (χ0n) is 18.5. The van der Waals surface area contributed by atoms with E-state index < -0.39 is 0 Å². The van der Waals surface area contributed by atoms with Crippen molar-refractivity contribution < 1.29 is 9.59 Å². The Bertz CT molecular complexity index is 1050. The number of hydrogen-bond acceptors (Lipinski definition) is 2. The van der Waals surface area contributed by atoms with Gasteiger partial charge in [0.05, 0.1) is 6.04 Å². The van der Waals surface area contributed by atoms with E-state index in [4.69, 9.17) is 0 Å². The van der Waals surface area contributed by atoms with E-state index >= 15 is 0 Å². The predicted octanol–water partition coefficient (Wildman–Crippen LogP) is 5.23. The number of hydrogen-bond donors (Lipinski definition) is 1. The van der Waals surface area contributed by atoms with Crippen molar-refractivity contribution in [1.82, 2.24) is 5.32 Å². The van der Waals surface area contributed by atoms with Crippen molar-refractivity contribution in [1.29, 1.82) is 0 Å². The van der Waals surface area contributed by atoms with Gasteiger partial charge in [0.25, 0.3) is 0 Å². The average molecular weight is 427 g/mol. The number of benzene rings is 3. The van der Waals surface area contributed by atoms with Crippen LogP contribution in [0.25, 0.3) is 0 Å². The summed E-state index contributed by atoms with van der Waals surface area (Å²) in [4.78, 5) is 27.8. The summed E-state index contributed by atoms with van der Waals surface area (Å²) >= 11 is 0. The van der Waals surface area contributed by atoms with Crippen molar-refractivity contribution in [3.63, 3.8) is 0 Å². The van der Waals surface area contributed by atoms with E-state index in [0.29, 0.717) is 19.3 Å². The van der Waals surface area contributed by atoms with Crippen molar-refractivity contribution in [2.24, 2.45) is 0 Å². The van der Waals surface area contributed by atoms with Crippen LogP contribution in [0.15, 0.2) is 84.9 Å². The Balaban J connectivity index is 1.43. The second-order valence-corrected chi connectivity index (χ2v) is 8.50. The van der Waals surface area contributed by atoms with E-state index in [2.05, 4.69) is 24.4 Å². The summed E-state index contributed by atoms with van der Waals surface area (Å²) in [6, 6.07) is 28.1. The second-order valence-electron chi connectivity index (χ2n) is 8.50. The Morgan fingerprint density at radius 2 is 1.38 bits per heavy atom. The molecule has 0 radical (unpaired) electrons. The summed E-state index contributed by atoms with van der Waals surface area (Å²) in [5.41, 5.74) is 4.27. The maximum Gasteiger partial charge on any atom is 0.227 e. The molecule has 2 unspecified atom stereocenters. The molecule has 1 aliphatic heterocycles. The lowest BCUT2D eigenvalue weighted by Gasteiger charge is -2.39. The van der Waals surface area contributed by atoms with Crippen LogP contribution >= 0.6 is 0 Å². The van der Waals surface area contributed by atoms with Crippen LogP contribution < -0.4 is 10.2 Å². The summed E-state index contributed by atoms with van der Waals surface area (Å²) in [6.45, 7) is 2.07. The zero-order chi connectivity index (χ0) is 22.3. The van der Waals surface area contributed by atoms with E-state index in [-0.39, 0.29) is 23.9 Å². The third-order valence-electron chi connectivity index (χ3n) is 6.15. The van der Waals surface area contributed by atoms with Gasteiger partial charge in [0.2, 0.25) is 11.8 Å². The van der Waals surface area contributed by atoms with Crippen LogP contribution in [0.1, 0.15) is 48.9 Å². The van der Waals surface area contributed by atoms with Gasteiger partial charge in [-0.3, -0.25) is 9.59 Å². The van der Waals surface area contributed by atoms with Crippen molar-refractivity contribution in [2.75, 3.05) is 4.90 Å². The van der Waals surface area contributed by atoms with Gasteiger partial charge < -0.3 is 10.2 Å². The molecule has 164 valence electrons. The molecule has 3 aromatic carbocycles. The molecular weight excluding hydrogens is 396 g/mol. The van der Waals surface area contributed by atoms with Crippen molar-refractivity contribution in [2.45, 2.75) is 51.1 Å². The molecule has 4 rings (SSSR count). The minimum atomic E-state index is -0.0809. The molecule has 32 heavy (non-hydrogen) atoms. The van der Waals surface area contributed by atoms with E-state index in [9.17, 15) is 9.59 Å². The molecule has 0 bridgehead atoms. The number of carbonyl (C=O) groups excluding carboxylic acids is 2. The summed E-state index contributed by atoms with van der Waals surface area (Å²) in [5.74, 6) is 0.173. The lowest BCUT2D eigenvalue weighted by Crippen LogP contribution is -2.46. The summed E-state index contributed by atoms with van der Waals surface area (Å²) in [6.07, 6.45) is 3.09. The molecule has 0 aromatic heterocycles. The van der Waals surface area contributed by atoms with Crippen LogP contribution in [0.2, 0.25) is 0 Å². The first kappa shape index (κ1) is 21.8. The zero-order valence-corrected chi connectivity index (χ0v) is 18.5. The second kappa shape index (κ2) is 10.3. The van der Waals surface area contributed by atoms with E-state index in [1.165, 1.54) is 5.56 Å². The third-order valence-corrected chi connectivity index (χ3v) is 6.15. The Morgan fingerprint density at radius 1 is 0.812 bits per heavy atom. The highest BCUT2D eigenvalue weighted by atomic mass is 16.2. The Kier molecular flexibility index (Phi) is 7.00. The highest BCUT2D eigenvalue weighted by Gasteiger charge is 2.33. The van der Waals surface area contributed by atoms with Crippen LogP contribution in [-0.2, 0) is 22.4 Å². The Labute approximate surface area is 190 Å². The molecule has 0 saturated carbocycles. The van der Waals surface area contributed by atoms with Crippen molar-refractivity contribution >= 4 is 17.5 Å². The smallest absolute Gasteiger partial charge is 0.227 e. The molecule has 2 amide bonds. The lowest BCUT2D eigenvalue weighted by atomic mass is 9.91. The first-order chi connectivity index (χ1) is 15.6. The fourth-order valence-electron chi connectivity index (χ4n) is 4.51. The van der Waals surface area contributed by atoms with E-state index in [0.717, 1.165) is 29.7 Å². The molecule has 1 heterocycles. The van der Waals surface area contributed by atoms with Gasteiger partial charge in [-0.05, 0) is 48.9 Å². The quantitative estimate of drug-likeness (QED) is 0.562. The fourth-order valence-corrected chi connectivity index (χ4v) is 4.51. The van der Waals surface area contributed by atoms with Crippen molar-refractivity contribution in [3.8, 4) is 0 Å². The predicted molar refractivity (Wildman–Crippen MR) is 128 cm³/mol. The normalized spacial score (nSPS) is 17.5. The number of fused-ring (bicyclic) bond motifs is 1. The van der Waals surface area contributed by atoms with Gasteiger partial charge in [0.1, 0.15) is 0 Å². The third kappa shape index (κ3) is 5.25. The fraction of sp³-hybridized carbons (Fsp3) is 0.286. The molecule has 4 nitrogen and oxygen atoms in total. The molecule has 0 saturated heterocycles. The highest BCUT2D eigenvalue weighted by molar-refractivity contribution is 5.95. The number of rotatable bonds is 7. The number of amides is 2. The van der Waals surface area contributed by atoms with Crippen LogP contribution in [0.3, 0.4) is 0 Å². The number of nitrogens with one attached hydrogen (secondary N) is 1. The lowest BCUT2D eigenvalue weighted by molar-refractivity contribution is -0.121. The molecule has 0 fully saturated rings. The van der Waals surface area contributed by atoms with Gasteiger partial charge >= 0.3 is 0 Å². The first-order valence-corrected chi connectivity index (χ1v) is 11.4. The number of aryl methyl sites for hydroxylation is 2. The summed E-state index contributed by atoms with van der Waals surface area (Å²) in [7, 11) is 0. The molecule has 0 aliphatic carbocycles. The van der Waals surface area contributed by atoms with Gasteiger partial charge in [-0.25, -0.2) is 0 Å². The minimum Gasteiger partial charge on any atom is -0.349 e. The van der Waals surface area contributed by atoms with Crippen molar-refractivity contribution in [3.05, 3.63) is 102 Å². The maximum atomic E-state index is 13.2. The monoisotopic (exact) mass is 426 g/mol. The molecular formula is C28H30N2O2. The topological polar surface area (TPSA) is 49.4 Å². The number of para-hydroxylation sites is 1. The number of carbonyl (C=O) groups is 2. The van der Waals surface area contributed by atoms with Crippen LogP contribution in [0, 0.1) is 0 Å². The maximum absolute atomic E-state index is 13.2. The van der Waals surface area contributed by atoms with Gasteiger partial charge in [-0.2, -0.15) is 0 Å². The Morgan fingerprint density at radius 3 is 2.03 bits per heavy atom. The molecule has 0 spiro atoms. The van der Waals surface area contributed by atoms with Crippen LogP contribution in [-0.4, -0.2) is 17.9 Å². The largest absolute Gasteiger partial charge is 0.349 e. The van der Waals surface area contributed by atoms with E-state index in [1.54, 1.807) is 0 Å². The van der Waals surface area contributed by atoms with Gasteiger partial charge in [0, 0.05) is 24.6 Å². The van der Waals surface area contributed by atoms with Gasteiger partial charge in [0.15, 0.2) is 0 Å². The number of anilines is 1. The molecule has 1 aliphatic rings. The SMILES string of the molecule is CC1CC(NC(=O)CCc2ccccc2)c2ccccc2N1C(=O)CCc1ccccc1. The summed E-state index contributed by atoms with van der Waals surface area (Å²) in [5, 5.41) is 3.22. The van der Waals surface area contributed by atoms with Crippen LogP contribution in [0.5, 0.6) is 0 Å². The molecule has 1 N–H and O–H groups in total. The summed E-state index contributed by atoms with van der Waals surface area (Å²) < 4.78 is 0.